The summed E-state index contributed by atoms with van der Waals surface area (Å²) in [4.78, 5) is 21.6. The molecule has 0 aliphatic heterocycles. The predicted molar refractivity (Wildman–Crippen MR) is 29.2 cm³/mol. The first-order valence-electron chi connectivity index (χ1n) is 1.07. The van der Waals surface area contributed by atoms with Crippen molar-refractivity contribution < 1.29 is 23.0 Å². The Hall–Kier alpha value is 1.04. The van der Waals surface area contributed by atoms with Crippen LogP contribution in [0.2, 0.25) is 0 Å². The van der Waals surface area contributed by atoms with Gasteiger partial charge in [0.15, 0.2) is 0 Å². The molecule has 0 aliphatic carbocycles. The first kappa shape index (κ1) is 16.0. The average molecular weight is 150 g/mol. The third-order valence-corrected chi connectivity index (χ3v) is 0. The molecular formula is H5AlLiO5P. The summed E-state index contributed by atoms with van der Waals surface area (Å²) in [5, 5.41) is 0. The van der Waals surface area contributed by atoms with Gasteiger partial charge in [0, 0.05) is 0 Å². The molecule has 44 valence electrons. The van der Waals surface area contributed by atoms with Crippen molar-refractivity contribution in [3.63, 3.8) is 0 Å². The fourth-order valence-corrected chi connectivity index (χ4v) is 0. The van der Waals surface area contributed by atoms with Gasteiger partial charge in [0.1, 0.15) is 0 Å². The van der Waals surface area contributed by atoms with Crippen LogP contribution in [0.25, 0.3) is 0 Å². The van der Waals surface area contributed by atoms with Gasteiger partial charge in [0.2, 0.25) is 0 Å². The van der Waals surface area contributed by atoms with Crippen LogP contribution in [0.3, 0.4) is 0 Å². The van der Waals surface area contributed by atoms with Crippen molar-refractivity contribution >= 4 is 42.9 Å². The number of hydrogen-bond acceptors (Lipinski definition) is 2. The molecule has 0 amide bonds. The Morgan fingerprint density at radius 3 is 1.12 bits per heavy atom. The first-order valence-corrected chi connectivity index (χ1v) is 3.21. The summed E-state index contributed by atoms with van der Waals surface area (Å²) in [6, 6.07) is 0. The van der Waals surface area contributed by atoms with Gasteiger partial charge in [0.25, 0.3) is 0 Å². The molecule has 0 spiro atoms. The van der Waals surface area contributed by atoms with E-state index in [1.165, 1.54) is 0 Å². The van der Waals surface area contributed by atoms with E-state index in [-0.39, 0.29) is 18.9 Å². The van der Waals surface area contributed by atoms with Crippen LogP contribution in [0.15, 0.2) is 0 Å². The summed E-state index contributed by atoms with van der Waals surface area (Å²) >= 11 is 0.611. The molecule has 0 heterocycles. The van der Waals surface area contributed by atoms with Crippen LogP contribution in [0.1, 0.15) is 0 Å². The number of phosphoric acid groups is 1. The molecule has 0 aromatic carbocycles. The number of rotatable bonds is 0. The van der Waals surface area contributed by atoms with E-state index in [2.05, 4.69) is 0 Å². The zero-order valence-electron chi connectivity index (χ0n) is 3.31. The fraction of sp³-hybridized carbons (Fsp3) is 0. The Bertz CT molecular complexity index is 68.2. The van der Waals surface area contributed by atoms with Gasteiger partial charge < -0.3 is 14.7 Å². The molecule has 0 atom stereocenters. The molecule has 0 unspecified atom stereocenters. The summed E-state index contributed by atoms with van der Waals surface area (Å²) in [7, 11) is -4.64. The molecule has 8 heteroatoms. The summed E-state index contributed by atoms with van der Waals surface area (Å²) in [5.74, 6) is 0. The van der Waals surface area contributed by atoms with Crippen LogP contribution in [0.4, 0.5) is 0 Å². The van der Waals surface area contributed by atoms with Gasteiger partial charge in [-0.05, 0) is 0 Å². The summed E-state index contributed by atoms with van der Waals surface area (Å²) < 4.78 is 17.2. The molecule has 0 aliphatic rings. The maximum atomic E-state index is 8.88. The van der Waals surface area contributed by atoms with Gasteiger partial charge in [-0.1, -0.05) is 0 Å². The molecule has 0 saturated carbocycles. The molecule has 0 fully saturated rings. The SMILES string of the molecule is O=P(O)(O)O.[LiH].[O]=[AlH]. The van der Waals surface area contributed by atoms with Gasteiger partial charge in [-0.3, -0.25) is 0 Å². The molecule has 0 rings (SSSR count). The van der Waals surface area contributed by atoms with Gasteiger partial charge in [-0.25, -0.2) is 4.57 Å². The van der Waals surface area contributed by atoms with Gasteiger partial charge in [-0.15, -0.1) is 0 Å². The normalized spacial score (nSPS) is 7.75. The molecule has 0 radical (unpaired) electrons. The number of hydrogen-bond donors (Lipinski definition) is 3. The zero-order valence-corrected chi connectivity index (χ0v) is 5.62. The third kappa shape index (κ3) is 237. The second-order valence-corrected chi connectivity index (χ2v) is 1.54. The van der Waals surface area contributed by atoms with E-state index in [0.717, 1.165) is 0 Å². The fourth-order valence-electron chi connectivity index (χ4n) is 0. The summed E-state index contributed by atoms with van der Waals surface area (Å²) in [5.41, 5.74) is 0. The van der Waals surface area contributed by atoms with E-state index in [4.69, 9.17) is 23.0 Å². The van der Waals surface area contributed by atoms with Crippen molar-refractivity contribution in [1.29, 1.82) is 0 Å². The van der Waals surface area contributed by atoms with Crippen molar-refractivity contribution in [2.45, 2.75) is 0 Å². The van der Waals surface area contributed by atoms with E-state index in [0.29, 0.717) is 16.2 Å². The van der Waals surface area contributed by atoms with E-state index in [9.17, 15) is 0 Å². The van der Waals surface area contributed by atoms with Crippen LogP contribution < -0.4 is 0 Å². The quantitative estimate of drug-likeness (QED) is 0.265. The van der Waals surface area contributed by atoms with Crippen molar-refractivity contribution in [3.05, 3.63) is 0 Å². The molecule has 0 aromatic rings. The first-order chi connectivity index (χ1) is 3.00. The van der Waals surface area contributed by atoms with E-state index in [1.807, 2.05) is 0 Å². The van der Waals surface area contributed by atoms with Crippen LogP contribution in [0.5, 0.6) is 0 Å². The maximum absolute atomic E-state index is 8.88. The molecular weight excluding hydrogens is 145 g/mol. The molecule has 0 aromatic heterocycles. The molecule has 8 heavy (non-hydrogen) atoms. The van der Waals surface area contributed by atoms with Crippen molar-refractivity contribution in [3.8, 4) is 0 Å². The van der Waals surface area contributed by atoms with E-state index < -0.39 is 7.82 Å². The monoisotopic (exact) mass is 150 g/mol. The second-order valence-electron chi connectivity index (χ2n) is 0.513. The van der Waals surface area contributed by atoms with E-state index >= 15 is 0 Å². The summed E-state index contributed by atoms with van der Waals surface area (Å²) in [6.07, 6.45) is 0. The van der Waals surface area contributed by atoms with Gasteiger partial charge in [-0.2, -0.15) is 0 Å². The van der Waals surface area contributed by atoms with Crippen LogP contribution in [0, 0.1) is 0 Å². The van der Waals surface area contributed by atoms with Crippen molar-refractivity contribution in [1.82, 2.24) is 0 Å². The molecule has 3 N–H and O–H groups in total. The average Bonchev–Trinajstić information content (AvgIpc) is 1.36. The van der Waals surface area contributed by atoms with Crippen molar-refractivity contribution in [2.24, 2.45) is 0 Å². The Labute approximate surface area is 66.1 Å². The Balaban J connectivity index is -0.0000000750. The molecule has 5 nitrogen and oxygen atoms in total. The minimum absolute atomic E-state index is 0. The van der Waals surface area contributed by atoms with Crippen LogP contribution in [-0.2, 0) is 8.37 Å². The van der Waals surface area contributed by atoms with Crippen LogP contribution >= 0.6 is 7.82 Å². The minimum atomic E-state index is -4.64. The van der Waals surface area contributed by atoms with Gasteiger partial charge in [0.05, 0.1) is 0 Å². The van der Waals surface area contributed by atoms with Crippen LogP contribution in [-0.4, -0.2) is 49.8 Å². The summed E-state index contributed by atoms with van der Waals surface area (Å²) in [6.45, 7) is 0. The Kier molecular flexibility index (Phi) is 16.1. The standard InChI is InChI=1S/Al.Li.H3O4P.O.2H/c;;1-5(2,3)4;;;/h;;(H3,1,2,3,4);;;. The second kappa shape index (κ2) is 8.04. The topological polar surface area (TPSA) is 94.8 Å². The zero-order chi connectivity index (χ0) is 6.50. The third-order valence-electron chi connectivity index (χ3n) is 0. The van der Waals surface area contributed by atoms with E-state index in [1.54, 1.807) is 0 Å². The Morgan fingerprint density at radius 2 is 1.12 bits per heavy atom. The Morgan fingerprint density at radius 1 is 1.12 bits per heavy atom. The van der Waals surface area contributed by atoms with Crippen molar-refractivity contribution in [2.75, 3.05) is 0 Å². The molecule has 0 saturated heterocycles. The molecule has 0 bridgehead atoms. The van der Waals surface area contributed by atoms with Gasteiger partial charge >= 0.3 is 46.7 Å². The predicted octanol–water partition coefficient (Wildman–Crippen LogP) is -2.34.